The quantitative estimate of drug-likeness (QED) is 0.283. The van der Waals surface area contributed by atoms with E-state index in [9.17, 15) is 13.5 Å². The summed E-state index contributed by atoms with van der Waals surface area (Å²) in [4.78, 5) is -0.197. The average molecular weight is 459 g/mol. The number of unbranched alkanes of at least 4 members (excludes halogenated alkanes) is 8. The van der Waals surface area contributed by atoms with Crippen LogP contribution in [0.1, 0.15) is 70.3 Å². The second kappa shape index (κ2) is 14.6. The van der Waals surface area contributed by atoms with Crippen LogP contribution < -0.4 is 61.2 Å². The topological polar surface area (TPSA) is 86.7 Å². The Bertz CT molecular complexity index is 850. The van der Waals surface area contributed by atoms with E-state index in [2.05, 4.69) is 6.92 Å². The predicted octanol–water partition coefficient (Wildman–Crippen LogP) is 2.88. The van der Waals surface area contributed by atoms with Gasteiger partial charge in [0.05, 0.1) is 4.90 Å². The molecule has 2 aromatic rings. The van der Waals surface area contributed by atoms with E-state index >= 15 is 0 Å². The molecule has 7 heteroatoms. The largest absolute Gasteiger partial charge is 1.00 e. The number of rotatable bonds is 13. The summed E-state index contributed by atoms with van der Waals surface area (Å²) in [5, 5.41) is 11.7. The zero-order valence-corrected chi connectivity index (χ0v) is 22.0. The summed E-state index contributed by atoms with van der Waals surface area (Å²) < 4.78 is 37.1. The van der Waals surface area contributed by atoms with Gasteiger partial charge in [0.25, 0.3) is 10.1 Å². The molecule has 0 aliphatic carbocycles. The second-order valence-electron chi connectivity index (χ2n) is 7.40. The number of hydrogen-bond donors (Lipinski definition) is 1. The summed E-state index contributed by atoms with van der Waals surface area (Å²) in [5.74, 6) is 0.776. The van der Waals surface area contributed by atoms with Crippen molar-refractivity contribution in [3.05, 3.63) is 48.0 Å². The molecule has 0 radical (unpaired) electrons. The van der Waals surface area contributed by atoms with Crippen LogP contribution >= 0.6 is 0 Å². The Kier molecular flexibility index (Phi) is 13.5. The van der Waals surface area contributed by atoms with E-state index in [-0.39, 0.29) is 62.0 Å². The summed E-state index contributed by atoms with van der Waals surface area (Å²) in [6, 6.07) is 10.3. The molecule has 30 heavy (non-hydrogen) atoms. The Hall–Kier alpha value is -0.414. The molecule has 0 unspecified atom stereocenters. The van der Waals surface area contributed by atoms with Crippen LogP contribution in [0.15, 0.2) is 47.4 Å². The first-order valence-electron chi connectivity index (χ1n) is 10.5. The van der Waals surface area contributed by atoms with Crippen molar-refractivity contribution in [3.8, 4) is 17.2 Å². The first kappa shape index (κ1) is 27.6. The molecule has 0 atom stereocenters. The second-order valence-corrected chi connectivity index (χ2v) is 8.82. The number of benzene rings is 2. The van der Waals surface area contributed by atoms with Gasteiger partial charge in [-0.05, 0) is 48.7 Å². The maximum atomic E-state index is 11.7. The van der Waals surface area contributed by atoms with Crippen LogP contribution in [0.25, 0.3) is 0 Å². The van der Waals surface area contributed by atoms with Gasteiger partial charge < -0.3 is 9.84 Å². The number of aryl methyl sites for hydroxylation is 1. The first-order chi connectivity index (χ1) is 13.9. The smallest absolute Gasteiger partial charge is 0.872 e. The minimum absolute atomic E-state index is 0. The van der Waals surface area contributed by atoms with E-state index in [0.717, 1.165) is 24.8 Å². The average Bonchev–Trinajstić information content (AvgIpc) is 2.68. The van der Waals surface area contributed by atoms with E-state index in [1.54, 1.807) is 6.07 Å². The van der Waals surface area contributed by atoms with Crippen LogP contribution in [0.3, 0.4) is 0 Å². The molecule has 0 amide bonds. The van der Waals surface area contributed by atoms with Gasteiger partial charge >= 0.3 is 51.4 Å². The maximum absolute atomic E-state index is 11.7. The molecule has 0 fully saturated rings. The van der Waals surface area contributed by atoms with Crippen molar-refractivity contribution in [1.29, 1.82) is 0 Å². The van der Waals surface area contributed by atoms with Crippen molar-refractivity contribution >= 4 is 10.1 Å². The van der Waals surface area contributed by atoms with Crippen molar-refractivity contribution in [3.63, 3.8) is 0 Å². The molecule has 0 heterocycles. The minimum atomic E-state index is -4.24. The van der Waals surface area contributed by atoms with Gasteiger partial charge in [0.15, 0.2) is 0 Å². The van der Waals surface area contributed by atoms with Gasteiger partial charge in [-0.15, -0.1) is 5.75 Å². The monoisotopic (exact) mass is 458 g/mol. The van der Waals surface area contributed by atoms with Gasteiger partial charge in [-0.2, -0.15) is 8.42 Å². The van der Waals surface area contributed by atoms with Crippen molar-refractivity contribution in [1.82, 2.24) is 0 Å². The van der Waals surface area contributed by atoms with Gasteiger partial charge in [-0.1, -0.05) is 70.4 Å². The zero-order chi connectivity index (χ0) is 21.1. The maximum Gasteiger partial charge on any atom is 1.00 e. The van der Waals surface area contributed by atoms with Crippen LogP contribution in [-0.2, 0) is 16.5 Å². The molecule has 0 saturated carbocycles. The Balaban J connectivity index is 0.00000450. The molecule has 0 saturated heterocycles. The van der Waals surface area contributed by atoms with Crippen molar-refractivity contribution in [2.75, 3.05) is 0 Å². The number of ether oxygens (including phenoxy) is 1. The zero-order valence-electron chi connectivity index (χ0n) is 18.1. The predicted molar refractivity (Wildman–Crippen MR) is 113 cm³/mol. The van der Waals surface area contributed by atoms with E-state index in [4.69, 9.17) is 9.29 Å². The fourth-order valence-electron chi connectivity index (χ4n) is 3.27. The van der Waals surface area contributed by atoms with Crippen LogP contribution in [0, 0.1) is 0 Å². The molecule has 0 spiro atoms. The van der Waals surface area contributed by atoms with Gasteiger partial charge in [0.2, 0.25) is 0 Å². The summed E-state index contributed by atoms with van der Waals surface area (Å²) in [6.07, 6.45) is 12.1. The number of hydrogen-bond acceptors (Lipinski definition) is 4. The molecular weight excluding hydrogens is 427 g/mol. The summed E-state index contributed by atoms with van der Waals surface area (Å²) in [7, 11) is -4.24. The molecule has 0 bridgehead atoms. The fourth-order valence-corrected chi connectivity index (χ4v) is 3.75. The molecule has 0 aromatic heterocycles. The van der Waals surface area contributed by atoms with E-state index in [0.29, 0.717) is 11.5 Å². The normalized spacial score (nSPS) is 11.1. The third kappa shape index (κ3) is 10.3. The fraction of sp³-hybridized carbons (Fsp3) is 0.478. The van der Waals surface area contributed by atoms with Crippen LogP contribution in [-0.4, -0.2) is 13.0 Å². The third-order valence-corrected chi connectivity index (χ3v) is 5.81. The molecule has 5 nitrogen and oxygen atoms in total. The molecular formula is C23H31KO5S. The van der Waals surface area contributed by atoms with Crippen molar-refractivity contribution < 1.29 is 74.2 Å². The summed E-state index contributed by atoms with van der Waals surface area (Å²) >= 11 is 0. The van der Waals surface area contributed by atoms with Crippen LogP contribution in [0.5, 0.6) is 17.2 Å². The molecule has 2 aromatic carbocycles. The van der Waals surface area contributed by atoms with Crippen LogP contribution in [0.4, 0.5) is 0 Å². The Morgan fingerprint density at radius 2 is 1.43 bits per heavy atom. The van der Waals surface area contributed by atoms with Crippen LogP contribution in [0.2, 0.25) is 0 Å². The van der Waals surface area contributed by atoms with E-state index in [1.807, 2.05) is 0 Å². The molecule has 0 aliphatic rings. The molecule has 0 aliphatic heterocycles. The Morgan fingerprint density at radius 1 is 0.867 bits per heavy atom. The molecule has 2 rings (SSSR count). The van der Waals surface area contributed by atoms with Gasteiger partial charge in [0, 0.05) is 0 Å². The van der Waals surface area contributed by atoms with Gasteiger partial charge in [-0.3, -0.25) is 4.55 Å². The van der Waals surface area contributed by atoms with E-state index in [1.165, 1.54) is 81.3 Å². The standard InChI is InChI=1S/C23H32O5S.K/c1-2-3-4-5-6-7-8-9-10-11-19-12-13-20(24)18-23(19)28-21-14-16-22(17-15-21)29(25,26)27;/h12-18,24H,2-11H2,1H3,(H,25,26,27);/q;+1/p-1. The van der Waals surface area contributed by atoms with Crippen molar-refractivity contribution in [2.24, 2.45) is 0 Å². The molecule has 160 valence electrons. The summed E-state index contributed by atoms with van der Waals surface area (Å²) in [5.41, 5.74) is 0.964. The molecule has 1 N–H and O–H groups in total. The Morgan fingerprint density at radius 3 is 2.00 bits per heavy atom. The van der Waals surface area contributed by atoms with E-state index < -0.39 is 10.1 Å². The van der Waals surface area contributed by atoms with Gasteiger partial charge in [0.1, 0.15) is 11.5 Å². The SMILES string of the molecule is CCCCCCCCCCCc1ccc([O-])cc1Oc1ccc(S(=O)(=O)O)cc1.[K+]. The third-order valence-electron chi connectivity index (χ3n) is 4.94. The van der Waals surface area contributed by atoms with Gasteiger partial charge in [-0.25, -0.2) is 0 Å². The van der Waals surface area contributed by atoms with Crippen molar-refractivity contribution in [2.45, 2.75) is 76.0 Å². The minimum Gasteiger partial charge on any atom is -0.872 e. The summed E-state index contributed by atoms with van der Waals surface area (Å²) in [6.45, 7) is 2.23. The first-order valence-corrected chi connectivity index (χ1v) is 11.9. The Labute approximate surface area is 223 Å².